The van der Waals surface area contributed by atoms with Crippen molar-refractivity contribution >= 4 is 15.7 Å². The second kappa shape index (κ2) is 10.2. The quantitative estimate of drug-likeness (QED) is 0.302. The number of benzene rings is 1. The van der Waals surface area contributed by atoms with Gasteiger partial charge in [-0.05, 0) is 32.4 Å². The molecule has 0 unspecified atom stereocenters. The third kappa shape index (κ3) is 7.01. The van der Waals surface area contributed by atoms with Gasteiger partial charge in [-0.3, -0.25) is 10.1 Å². The van der Waals surface area contributed by atoms with E-state index in [1.54, 1.807) is 6.92 Å². The van der Waals surface area contributed by atoms with E-state index in [0.29, 0.717) is 19.5 Å². The van der Waals surface area contributed by atoms with E-state index in [1.807, 2.05) is 0 Å². The first-order chi connectivity index (χ1) is 10.4. The molecule has 0 spiro atoms. The summed E-state index contributed by atoms with van der Waals surface area (Å²) in [4.78, 5) is 9.85. The molecule has 9 nitrogen and oxygen atoms in total. The first-order valence-corrected chi connectivity index (χ1v) is 8.44. The Hall–Kier alpha value is -1.59. The molecule has 0 aliphatic heterocycles. The molecule has 0 saturated heterocycles. The highest BCUT2D eigenvalue weighted by atomic mass is 32.2. The summed E-state index contributed by atoms with van der Waals surface area (Å²) >= 11 is 0. The molecule has 0 heterocycles. The summed E-state index contributed by atoms with van der Waals surface area (Å²) in [5, 5.41) is 22.6. The van der Waals surface area contributed by atoms with Crippen LogP contribution in [0.5, 0.6) is 0 Å². The summed E-state index contributed by atoms with van der Waals surface area (Å²) in [6.07, 6.45) is 1.48. The van der Waals surface area contributed by atoms with Gasteiger partial charge in [0.15, 0.2) is 4.90 Å². The molecule has 0 aliphatic carbocycles. The van der Waals surface area contributed by atoms with Crippen molar-refractivity contribution < 1.29 is 23.9 Å². The van der Waals surface area contributed by atoms with Gasteiger partial charge in [-0.1, -0.05) is 12.1 Å². The van der Waals surface area contributed by atoms with Gasteiger partial charge in [-0.15, -0.1) is 0 Å². The number of nitrogens with zero attached hydrogens (tertiary/aromatic N) is 1. The van der Waals surface area contributed by atoms with Crippen LogP contribution in [0.15, 0.2) is 29.2 Å². The monoisotopic (exact) mass is 349 g/mol. The largest absolute Gasteiger partial charge is 0.412 e. The Morgan fingerprint density at radius 3 is 2.57 bits per heavy atom. The number of hydrogen-bond donors (Lipinski definition) is 3. The SMILES string of the molecule is C[C@H](CNCCCCO)NS(=O)(=O)c1ccccc1[N+](=O)[O-].O. The lowest BCUT2D eigenvalue weighted by Gasteiger charge is -2.15. The van der Waals surface area contributed by atoms with Gasteiger partial charge in [0.05, 0.1) is 4.92 Å². The number of aliphatic hydroxyl groups is 1. The van der Waals surface area contributed by atoms with Crippen LogP contribution >= 0.6 is 0 Å². The second-order valence-corrected chi connectivity index (χ2v) is 6.56. The van der Waals surface area contributed by atoms with Crippen LogP contribution in [0.3, 0.4) is 0 Å². The average Bonchev–Trinajstić information content (AvgIpc) is 2.46. The molecule has 0 aliphatic rings. The van der Waals surface area contributed by atoms with Crippen LogP contribution in [0.2, 0.25) is 0 Å². The zero-order chi connectivity index (χ0) is 16.6. The zero-order valence-electron chi connectivity index (χ0n) is 12.9. The maximum absolute atomic E-state index is 12.2. The molecule has 0 fully saturated rings. The van der Waals surface area contributed by atoms with Gasteiger partial charge in [0.25, 0.3) is 5.69 Å². The van der Waals surface area contributed by atoms with Crippen LogP contribution in [0.25, 0.3) is 0 Å². The summed E-state index contributed by atoms with van der Waals surface area (Å²) in [5.41, 5.74) is -0.446. The van der Waals surface area contributed by atoms with Gasteiger partial charge in [-0.25, -0.2) is 13.1 Å². The normalized spacial score (nSPS) is 12.4. The van der Waals surface area contributed by atoms with E-state index in [4.69, 9.17) is 5.11 Å². The number of nitro groups is 1. The standard InChI is InChI=1S/C13H21N3O5S.H2O/c1-11(10-14-8-4-5-9-17)15-22(20,21)13-7-3-2-6-12(13)16(18)19;/h2-3,6-7,11,14-15,17H,4-5,8-10H2,1H3;1H2/t11-;/m1./s1. The van der Waals surface area contributed by atoms with Gasteiger partial charge < -0.3 is 15.9 Å². The van der Waals surface area contributed by atoms with Crippen molar-refractivity contribution in [3.05, 3.63) is 34.4 Å². The Morgan fingerprint density at radius 1 is 1.30 bits per heavy atom. The maximum atomic E-state index is 12.2. The first kappa shape index (κ1) is 21.4. The van der Waals surface area contributed by atoms with Crippen LogP contribution in [-0.4, -0.2) is 49.7 Å². The second-order valence-electron chi connectivity index (χ2n) is 4.88. The Balaban J connectivity index is 0.00000484. The highest BCUT2D eigenvalue weighted by molar-refractivity contribution is 7.89. The highest BCUT2D eigenvalue weighted by Crippen LogP contribution is 2.22. The minimum Gasteiger partial charge on any atom is -0.412 e. The van der Waals surface area contributed by atoms with E-state index in [2.05, 4.69) is 10.0 Å². The van der Waals surface area contributed by atoms with Crippen LogP contribution in [0.4, 0.5) is 5.69 Å². The smallest absolute Gasteiger partial charge is 0.289 e. The highest BCUT2D eigenvalue weighted by Gasteiger charge is 2.26. The van der Waals surface area contributed by atoms with E-state index in [9.17, 15) is 18.5 Å². The predicted molar refractivity (Wildman–Crippen MR) is 85.7 cm³/mol. The van der Waals surface area contributed by atoms with Crippen molar-refractivity contribution in [2.24, 2.45) is 0 Å². The topological polar surface area (TPSA) is 153 Å². The van der Waals surface area contributed by atoms with E-state index in [-0.39, 0.29) is 17.0 Å². The van der Waals surface area contributed by atoms with Crippen molar-refractivity contribution in [2.45, 2.75) is 30.7 Å². The first-order valence-electron chi connectivity index (χ1n) is 6.96. The number of nitrogens with one attached hydrogen (secondary N) is 2. The molecule has 0 aromatic heterocycles. The molecule has 1 atom stereocenters. The van der Waals surface area contributed by atoms with Crippen molar-refractivity contribution in [1.29, 1.82) is 0 Å². The summed E-state index contributed by atoms with van der Waals surface area (Å²) in [5.74, 6) is 0. The predicted octanol–water partition coefficient (Wildman–Crippen LogP) is -0.201. The number of aliphatic hydroxyl groups excluding tert-OH is 1. The fraction of sp³-hybridized carbons (Fsp3) is 0.538. The lowest BCUT2D eigenvalue weighted by atomic mass is 10.3. The molecule has 0 amide bonds. The van der Waals surface area contributed by atoms with Gasteiger partial charge in [-0.2, -0.15) is 0 Å². The van der Waals surface area contributed by atoms with Crippen LogP contribution in [0, 0.1) is 10.1 Å². The van der Waals surface area contributed by atoms with Crippen LogP contribution < -0.4 is 10.0 Å². The third-order valence-electron chi connectivity index (χ3n) is 2.92. The van der Waals surface area contributed by atoms with E-state index >= 15 is 0 Å². The molecule has 0 bridgehead atoms. The minimum atomic E-state index is -3.95. The molecule has 1 aromatic rings. The maximum Gasteiger partial charge on any atom is 0.289 e. The van der Waals surface area contributed by atoms with E-state index in [0.717, 1.165) is 12.5 Å². The lowest BCUT2D eigenvalue weighted by Crippen LogP contribution is -2.40. The number of sulfonamides is 1. The molecular formula is C13H23N3O6S. The van der Waals surface area contributed by atoms with Gasteiger partial charge in [0, 0.05) is 25.3 Å². The summed E-state index contributed by atoms with van der Waals surface area (Å²) in [6.45, 7) is 2.86. The molecule has 0 saturated carbocycles. The molecule has 1 rings (SSSR count). The van der Waals surface area contributed by atoms with Gasteiger partial charge in [0.1, 0.15) is 0 Å². The van der Waals surface area contributed by atoms with Crippen LogP contribution in [-0.2, 0) is 10.0 Å². The Bertz CT molecular complexity index is 593. The Morgan fingerprint density at radius 2 is 1.96 bits per heavy atom. The van der Waals surface area contributed by atoms with E-state index < -0.39 is 26.7 Å². The summed E-state index contributed by atoms with van der Waals surface area (Å²) in [6, 6.07) is 4.82. The van der Waals surface area contributed by atoms with Crippen molar-refractivity contribution in [2.75, 3.05) is 19.7 Å². The number of hydrogen-bond acceptors (Lipinski definition) is 6. The summed E-state index contributed by atoms with van der Waals surface area (Å²) in [7, 11) is -3.95. The van der Waals surface area contributed by atoms with Crippen molar-refractivity contribution in [3.8, 4) is 0 Å². The van der Waals surface area contributed by atoms with Crippen molar-refractivity contribution in [3.63, 3.8) is 0 Å². The average molecular weight is 349 g/mol. The number of rotatable bonds is 10. The molecule has 0 radical (unpaired) electrons. The van der Waals surface area contributed by atoms with Gasteiger partial charge in [0.2, 0.25) is 10.0 Å². The lowest BCUT2D eigenvalue weighted by molar-refractivity contribution is -0.387. The minimum absolute atomic E-state index is 0. The fourth-order valence-corrected chi connectivity index (χ4v) is 3.30. The molecule has 10 heteroatoms. The van der Waals surface area contributed by atoms with Gasteiger partial charge >= 0.3 is 0 Å². The molecular weight excluding hydrogens is 326 g/mol. The molecule has 23 heavy (non-hydrogen) atoms. The fourth-order valence-electron chi connectivity index (χ4n) is 1.89. The summed E-state index contributed by atoms with van der Waals surface area (Å²) < 4.78 is 26.9. The third-order valence-corrected chi connectivity index (χ3v) is 4.56. The zero-order valence-corrected chi connectivity index (χ0v) is 13.7. The molecule has 1 aromatic carbocycles. The molecule has 132 valence electrons. The number of unbranched alkanes of at least 4 members (excludes halogenated alkanes) is 1. The van der Waals surface area contributed by atoms with E-state index in [1.165, 1.54) is 18.2 Å². The number of para-hydroxylation sites is 1. The molecule has 5 N–H and O–H groups in total. The van der Waals surface area contributed by atoms with Crippen LogP contribution in [0.1, 0.15) is 19.8 Å². The Kier molecular flexibility index (Phi) is 9.53. The number of nitro benzene ring substituents is 1. The van der Waals surface area contributed by atoms with Crippen molar-refractivity contribution in [1.82, 2.24) is 10.0 Å². The Labute approximate surface area is 135 Å².